The van der Waals surface area contributed by atoms with E-state index in [0.717, 1.165) is 83.5 Å². The fraction of sp³-hybridized carbons (Fsp3) is 0.0545. The molecule has 57 heavy (non-hydrogen) atoms. The summed E-state index contributed by atoms with van der Waals surface area (Å²) >= 11 is 0. The van der Waals surface area contributed by atoms with Gasteiger partial charge in [-0.2, -0.15) is 0 Å². The summed E-state index contributed by atoms with van der Waals surface area (Å²) < 4.78 is 6.50. The highest BCUT2D eigenvalue weighted by molar-refractivity contribution is 6.07. The lowest BCUT2D eigenvalue weighted by Crippen LogP contribution is -2.20. The fourth-order valence-electron chi connectivity index (χ4n) is 8.10. The number of allylic oxidation sites excluding steroid dienone is 9. The number of hydrogen-bond donors (Lipinski definition) is 0. The second kappa shape index (κ2) is 15.9. The maximum Gasteiger partial charge on any atom is 0.136 e. The van der Waals surface area contributed by atoms with Crippen LogP contribution in [0.3, 0.4) is 0 Å². The van der Waals surface area contributed by atoms with Crippen molar-refractivity contribution in [1.82, 2.24) is 0 Å². The third-order valence-electron chi connectivity index (χ3n) is 10.8. The van der Waals surface area contributed by atoms with Crippen molar-refractivity contribution < 1.29 is 4.42 Å². The van der Waals surface area contributed by atoms with Gasteiger partial charge in [0.15, 0.2) is 0 Å². The third kappa shape index (κ3) is 6.99. The van der Waals surface area contributed by atoms with Crippen molar-refractivity contribution in [2.75, 3.05) is 4.90 Å². The summed E-state index contributed by atoms with van der Waals surface area (Å²) in [6.45, 7) is 4.34. The van der Waals surface area contributed by atoms with E-state index in [4.69, 9.17) is 4.42 Å². The Morgan fingerprint density at radius 3 is 1.81 bits per heavy atom. The molecule has 7 aromatic carbocycles. The van der Waals surface area contributed by atoms with Crippen LogP contribution in [-0.2, 0) is 0 Å². The van der Waals surface area contributed by atoms with Gasteiger partial charge in [0.25, 0.3) is 0 Å². The molecule has 1 heterocycles. The molecule has 9 rings (SSSR count). The Labute approximate surface area is 335 Å². The van der Waals surface area contributed by atoms with E-state index in [2.05, 4.69) is 225 Å². The molecule has 0 fully saturated rings. The zero-order chi connectivity index (χ0) is 38.6. The summed E-state index contributed by atoms with van der Waals surface area (Å²) in [5, 5.41) is 2.24. The lowest BCUT2D eigenvalue weighted by atomic mass is 9.86. The number of benzene rings is 7. The van der Waals surface area contributed by atoms with Gasteiger partial charge in [-0.1, -0.05) is 183 Å². The highest BCUT2D eigenvalue weighted by Gasteiger charge is 2.26. The number of hydrogen-bond acceptors (Lipinski definition) is 2. The number of para-hydroxylation sites is 2. The molecule has 1 aliphatic carbocycles. The number of fused-ring (bicyclic) bond motifs is 3. The zero-order valence-corrected chi connectivity index (χ0v) is 32.2. The molecule has 1 atom stereocenters. The molecule has 1 aromatic heterocycles. The minimum atomic E-state index is 0.198. The first-order valence-corrected chi connectivity index (χ1v) is 19.7. The Morgan fingerprint density at radius 1 is 0.544 bits per heavy atom. The van der Waals surface area contributed by atoms with E-state index < -0.39 is 0 Å². The average molecular weight is 734 g/mol. The summed E-state index contributed by atoms with van der Waals surface area (Å²) in [6.07, 6.45) is 17.5. The topological polar surface area (TPSA) is 16.4 Å². The van der Waals surface area contributed by atoms with Crippen molar-refractivity contribution in [3.63, 3.8) is 0 Å². The van der Waals surface area contributed by atoms with Gasteiger partial charge in [-0.15, -0.1) is 0 Å². The van der Waals surface area contributed by atoms with Crippen LogP contribution in [0.15, 0.2) is 234 Å². The van der Waals surface area contributed by atoms with Crippen molar-refractivity contribution in [3.8, 4) is 44.5 Å². The van der Waals surface area contributed by atoms with Gasteiger partial charge in [0.2, 0.25) is 0 Å². The van der Waals surface area contributed by atoms with Crippen LogP contribution < -0.4 is 4.90 Å². The molecule has 1 aliphatic rings. The highest BCUT2D eigenvalue weighted by atomic mass is 16.3. The summed E-state index contributed by atoms with van der Waals surface area (Å²) in [4.78, 5) is 2.47. The summed E-state index contributed by atoms with van der Waals surface area (Å²) in [7, 11) is 0. The van der Waals surface area contributed by atoms with Crippen LogP contribution in [0.4, 0.5) is 11.4 Å². The number of anilines is 2. The molecule has 0 N–H and O–H groups in total. The van der Waals surface area contributed by atoms with Gasteiger partial charge >= 0.3 is 0 Å². The monoisotopic (exact) mass is 733 g/mol. The van der Waals surface area contributed by atoms with Crippen molar-refractivity contribution in [2.45, 2.75) is 13.8 Å². The first-order valence-electron chi connectivity index (χ1n) is 19.7. The average Bonchev–Trinajstić information content (AvgIpc) is 3.65. The summed E-state index contributed by atoms with van der Waals surface area (Å²) in [5.41, 5.74) is 15.4. The minimum Gasteiger partial charge on any atom is -0.456 e. The molecule has 0 spiro atoms. The number of rotatable bonds is 9. The van der Waals surface area contributed by atoms with Gasteiger partial charge in [-0.05, 0) is 93.9 Å². The lowest BCUT2D eigenvalue weighted by molar-refractivity contribution is 0.669. The van der Waals surface area contributed by atoms with E-state index in [1.165, 1.54) is 5.57 Å². The van der Waals surface area contributed by atoms with Crippen LogP contribution in [-0.4, -0.2) is 0 Å². The van der Waals surface area contributed by atoms with Crippen LogP contribution >= 0.6 is 0 Å². The van der Waals surface area contributed by atoms with E-state index in [0.29, 0.717) is 0 Å². The largest absolute Gasteiger partial charge is 0.456 e. The number of nitrogens with zero attached hydrogens (tertiary/aromatic N) is 1. The van der Waals surface area contributed by atoms with Crippen molar-refractivity contribution in [1.29, 1.82) is 0 Å². The van der Waals surface area contributed by atoms with E-state index in [1.54, 1.807) is 0 Å². The molecule has 0 bridgehead atoms. The zero-order valence-electron chi connectivity index (χ0n) is 32.2. The van der Waals surface area contributed by atoms with E-state index in [-0.39, 0.29) is 5.92 Å². The highest BCUT2D eigenvalue weighted by Crippen LogP contribution is 2.48. The molecule has 2 heteroatoms. The summed E-state index contributed by atoms with van der Waals surface area (Å²) in [6, 6.07) is 60.9. The molecule has 0 amide bonds. The second-order valence-electron chi connectivity index (χ2n) is 14.4. The molecular formula is C55H43NO. The van der Waals surface area contributed by atoms with Crippen molar-refractivity contribution >= 4 is 33.3 Å². The Morgan fingerprint density at radius 2 is 1.14 bits per heavy atom. The molecular weight excluding hydrogens is 691 g/mol. The number of furan rings is 1. The molecule has 0 saturated heterocycles. The van der Waals surface area contributed by atoms with E-state index >= 15 is 0 Å². The second-order valence-corrected chi connectivity index (χ2v) is 14.4. The Bertz CT molecular complexity index is 2790. The molecule has 0 aliphatic heterocycles. The first-order chi connectivity index (χ1) is 28.2. The standard InChI is InChI=1S/C55H43NO/c1-3-4-8-31-51(45-28-16-15-21-39(45)2)56(52-32-19-17-29-46(52)40-22-9-5-10-23-40)44-37-49(41-24-11-6-12-25-41)55(50(38-44)42-26-13-7-14-27-42)43-34-35-48-47-30-18-20-33-53(47)57-54(48)36-43/h3-39H,1-2H3/b4-3-,31-8-,51-45-. The van der Waals surface area contributed by atoms with Crippen molar-refractivity contribution in [3.05, 3.63) is 230 Å². The maximum atomic E-state index is 6.50. The van der Waals surface area contributed by atoms with Gasteiger partial charge in [-0.3, -0.25) is 0 Å². The minimum absolute atomic E-state index is 0.198. The quantitative estimate of drug-likeness (QED) is 0.137. The molecule has 1 unspecified atom stereocenters. The first kappa shape index (κ1) is 35.5. The smallest absolute Gasteiger partial charge is 0.136 e. The Kier molecular flexibility index (Phi) is 9.91. The molecule has 8 aromatic rings. The SMILES string of the molecule is C\C=C/C=C\C(=C1/C=CC=CC1C)N(c1cc(-c2ccccc2)c(-c2ccc3c(c2)oc2ccccc23)c(-c2ccccc2)c1)c1ccccc1-c1ccccc1. The summed E-state index contributed by atoms with van der Waals surface area (Å²) in [5.74, 6) is 0.198. The molecule has 0 radical (unpaired) electrons. The van der Waals surface area contributed by atoms with Crippen LogP contribution in [0.2, 0.25) is 0 Å². The predicted molar refractivity (Wildman–Crippen MR) is 242 cm³/mol. The van der Waals surface area contributed by atoms with Crippen molar-refractivity contribution in [2.24, 2.45) is 5.92 Å². The molecule has 0 saturated carbocycles. The van der Waals surface area contributed by atoms with E-state index in [1.807, 2.05) is 12.1 Å². The van der Waals surface area contributed by atoms with Crippen LogP contribution in [0.25, 0.3) is 66.4 Å². The van der Waals surface area contributed by atoms with Gasteiger partial charge in [0, 0.05) is 33.6 Å². The Hall–Kier alpha value is -7.16. The predicted octanol–water partition coefficient (Wildman–Crippen LogP) is 15.5. The van der Waals surface area contributed by atoms with Crippen LogP contribution in [0.1, 0.15) is 13.8 Å². The lowest BCUT2D eigenvalue weighted by Gasteiger charge is -2.33. The van der Waals surface area contributed by atoms with Crippen LogP contribution in [0.5, 0.6) is 0 Å². The van der Waals surface area contributed by atoms with Crippen LogP contribution in [0, 0.1) is 5.92 Å². The molecule has 2 nitrogen and oxygen atoms in total. The third-order valence-corrected chi connectivity index (χ3v) is 10.8. The van der Waals surface area contributed by atoms with Gasteiger partial charge < -0.3 is 9.32 Å². The maximum absolute atomic E-state index is 6.50. The fourth-order valence-corrected chi connectivity index (χ4v) is 8.10. The Balaban J connectivity index is 1.40. The molecule has 274 valence electrons. The van der Waals surface area contributed by atoms with Gasteiger partial charge in [0.05, 0.1) is 5.69 Å². The van der Waals surface area contributed by atoms with Gasteiger partial charge in [0.1, 0.15) is 11.2 Å². The van der Waals surface area contributed by atoms with Gasteiger partial charge in [-0.25, -0.2) is 0 Å². The normalized spacial score (nSPS) is 14.9. The van der Waals surface area contributed by atoms with E-state index in [9.17, 15) is 0 Å².